The molecule has 0 radical (unpaired) electrons. The van der Waals surface area contributed by atoms with Gasteiger partial charge in [-0.25, -0.2) is 9.78 Å². The molecule has 8 heteroatoms. The number of benzene rings is 2. The molecule has 1 aromatic heterocycles. The highest BCUT2D eigenvalue weighted by molar-refractivity contribution is 5.89. The monoisotopic (exact) mass is 445 g/mol. The Hall–Kier alpha value is -3.65. The summed E-state index contributed by atoms with van der Waals surface area (Å²) in [5, 5.41) is 20.0. The van der Waals surface area contributed by atoms with Crippen molar-refractivity contribution in [1.82, 2.24) is 20.6 Å². The fourth-order valence-corrected chi connectivity index (χ4v) is 4.50. The number of urea groups is 1. The minimum atomic E-state index is -0.949. The number of aliphatic hydroxyl groups is 1. The average Bonchev–Trinajstić information content (AvgIpc) is 3.39. The van der Waals surface area contributed by atoms with Crippen LogP contribution in [0, 0.1) is 5.92 Å². The number of nitrogens with zero attached hydrogens (tertiary/aromatic N) is 1. The second-order valence-electron chi connectivity index (χ2n) is 8.77. The van der Waals surface area contributed by atoms with Crippen molar-refractivity contribution >= 4 is 17.6 Å². The first-order valence-corrected chi connectivity index (χ1v) is 11.3. The third-order valence-corrected chi connectivity index (χ3v) is 6.33. The number of carbonyl (C=O) groups is 2. The zero-order chi connectivity index (χ0) is 22.8. The van der Waals surface area contributed by atoms with Crippen molar-refractivity contribution in [3.05, 3.63) is 72.6 Å². The molecule has 2 aromatic carbocycles. The smallest absolute Gasteiger partial charge is 0.319 e. The number of aliphatic hydroxyl groups excluding tert-OH is 1. The van der Waals surface area contributed by atoms with E-state index in [2.05, 4.69) is 25.9 Å². The van der Waals surface area contributed by atoms with E-state index < -0.39 is 24.0 Å². The van der Waals surface area contributed by atoms with Crippen molar-refractivity contribution in [3.8, 4) is 11.4 Å². The molecule has 5 rings (SSSR count). The van der Waals surface area contributed by atoms with Crippen LogP contribution in [0.2, 0.25) is 0 Å². The first kappa shape index (κ1) is 21.2. The molecule has 3 aromatic rings. The number of hydrogen-bond donors (Lipinski definition) is 5. The van der Waals surface area contributed by atoms with Crippen LogP contribution in [0.4, 0.5) is 10.5 Å². The van der Waals surface area contributed by atoms with E-state index in [9.17, 15) is 14.7 Å². The molecule has 4 atom stereocenters. The number of amides is 3. The van der Waals surface area contributed by atoms with Gasteiger partial charge in [-0.15, -0.1) is 0 Å². The highest BCUT2D eigenvalue weighted by Gasteiger charge is 2.48. The molecule has 33 heavy (non-hydrogen) atoms. The van der Waals surface area contributed by atoms with E-state index in [0.717, 1.165) is 18.4 Å². The molecule has 2 fully saturated rings. The first-order chi connectivity index (χ1) is 16.1. The standard InChI is InChI=1S/C25H27N5O3/c31-22-18(24(32)27-17-11-12-17)13-19(30-25(33)28-16-9-5-2-6-10-16)21(22)20-14-26-23(29-20)15-7-3-1-4-8-15/h1-10,14,17-19,21-22,31H,11-13H2,(H,26,29)(H,27,32)(H2,28,30,33)/t18-,19+,21+,22+/m0/s1. The van der Waals surface area contributed by atoms with Crippen LogP contribution in [0.15, 0.2) is 66.9 Å². The van der Waals surface area contributed by atoms with Gasteiger partial charge in [0.15, 0.2) is 0 Å². The lowest BCUT2D eigenvalue weighted by molar-refractivity contribution is -0.127. The zero-order valence-electron chi connectivity index (χ0n) is 18.1. The normalized spacial score (nSPS) is 24.3. The Morgan fingerprint density at radius 2 is 1.67 bits per heavy atom. The number of anilines is 1. The van der Waals surface area contributed by atoms with Crippen LogP contribution in [0.1, 0.15) is 30.9 Å². The molecule has 0 spiro atoms. The number of carbonyl (C=O) groups excluding carboxylic acids is 2. The van der Waals surface area contributed by atoms with Crippen molar-refractivity contribution in [3.63, 3.8) is 0 Å². The minimum absolute atomic E-state index is 0.162. The number of imidazole rings is 1. The molecule has 0 bridgehead atoms. The number of H-pyrrole nitrogens is 1. The number of aromatic nitrogens is 2. The SMILES string of the molecule is O=C(Nc1ccccc1)N[C@@H]1C[C@H](C(=O)NC2CC2)[C@@H](O)[C@H]1c1cnc(-c2ccccc2)[nH]1. The number of aromatic amines is 1. The molecule has 3 amide bonds. The van der Waals surface area contributed by atoms with Crippen LogP contribution in [0.5, 0.6) is 0 Å². The van der Waals surface area contributed by atoms with Crippen molar-refractivity contribution in [2.75, 3.05) is 5.32 Å². The van der Waals surface area contributed by atoms with E-state index in [0.29, 0.717) is 23.6 Å². The average molecular weight is 446 g/mol. The van der Waals surface area contributed by atoms with Gasteiger partial charge in [-0.1, -0.05) is 48.5 Å². The molecular formula is C25H27N5O3. The Bertz CT molecular complexity index is 1110. The molecule has 0 saturated heterocycles. The topological polar surface area (TPSA) is 119 Å². The molecule has 0 aliphatic heterocycles. The van der Waals surface area contributed by atoms with E-state index in [1.807, 2.05) is 48.5 Å². The summed E-state index contributed by atoms with van der Waals surface area (Å²) in [5.74, 6) is -0.589. The maximum atomic E-state index is 12.8. The molecule has 0 unspecified atom stereocenters. The van der Waals surface area contributed by atoms with Crippen molar-refractivity contribution in [2.45, 2.75) is 43.4 Å². The van der Waals surface area contributed by atoms with Gasteiger partial charge in [-0.2, -0.15) is 0 Å². The van der Waals surface area contributed by atoms with Gasteiger partial charge in [0.25, 0.3) is 0 Å². The van der Waals surface area contributed by atoms with E-state index in [1.54, 1.807) is 18.3 Å². The Balaban J connectivity index is 1.37. The highest BCUT2D eigenvalue weighted by Crippen LogP contribution is 2.39. The molecular weight excluding hydrogens is 418 g/mol. The first-order valence-electron chi connectivity index (χ1n) is 11.3. The zero-order valence-corrected chi connectivity index (χ0v) is 18.1. The molecule has 2 aliphatic carbocycles. The van der Waals surface area contributed by atoms with Crippen LogP contribution in [0.25, 0.3) is 11.4 Å². The Labute approximate surface area is 191 Å². The maximum Gasteiger partial charge on any atom is 0.319 e. The van der Waals surface area contributed by atoms with Gasteiger partial charge < -0.3 is 26.0 Å². The summed E-state index contributed by atoms with van der Waals surface area (Å²) in [6.45, 7) is 0. The number of nitrogens with one attached hydrogen (secondary N) is 4. The third kappa shape index (κ3) is 4.75. The molecule has 8 nitrogen and oxygen atoms in total. The second-order valence-corrected chi connectivity index (χ2v) is 8.77. The van der Waals surface area contributed by atoms with E-state index in [-0.39, 0.29) is 18.0 Å². The number of hydrogen-bond acceptors (Lipinski definition) is 4. The van der Waals surface area contributed by atoms with Gasteiger partial charge in [-0.3, -0.25) is 4.79 Å². The Kier molecular flexibility index (Phi) is 5.83. The summed E-state index contributed by atoms with van der Waals surface area (Å²) in [7, 11) is 0. The second kappa shape index (κ2) is 9.07. The van der Waals surface area contributed by atoms with Gasteiger partial charge in [0, 0.05) is 41.1 Å². The largest absolute Gasteiger partial charge is 0.392 e. The summed E-state index contributed by atoms with van der Waals surface area (Å²) in [5.41, 5.74) is 2.28. The lowest BCUT2D eigenvalue weighted by Crippen LogP contribution is -2.41. The number of para-hydroxylation sites is 1. The lowest BCUT2D eigenvalue weighted by atomic mass is 9.96. The van der Waals surface area contributed by atoms with Crippen LogP contribution in [-0.4, -0.2) is 45.2 Å². The van der Waals surface area contributed by atoms with Crippen LogP contribution >= 0.6 is 0 Å². The fourth-order valence-electron chi connectivity index (χ4n) is 4.50. The predicted octanol–water partition coefficient (Wildman–Crippen LogP) is 3.01. The van der Waals surface area contributed by atoms with Crippen LogP contribution < -0.4 is 16.0 Å². The summed E-state index contributed by atoms with van der Waals surface area (Å²) in [4.78, 5) is 33.3. The summed E-state index contributed by atoms with van der Waals surface area (Å²) in [6.07, 6.45) is 3.02. The van der Waals surface area contributed by atoms with Gasteiger partial charge in [0.05, 0.1) is 12.0 Å². The van der Waals surface area contributed by atoms with Gasteiger partial charge >= 0.3 is 6.03 Å². The van der Waals surface area contributed by atoms with Gasteiger partial charge in [0.1, 0.15) is 5.82 Å². The quantitative estimate of drug-likeness (QED) is 0.401. The maximum absolute atomic E-state index is 12.8. The molecule has 170 valence electrons. The summed E-state index contributed by atoms with van der Waals surface area (Å²) in [6, 6.07) is 18.2. The molecule has 5 N–H and O–H groups in total. The van der Waals surface area contributed by atoms with Crippen LogP contribution in [0.3, 0.4) is 0 Å². The predicted molar refractivity (Wildman–Crippen MR) is 124 cm³/mol. The van der Waals surface area contributed by atoms with E-state index in [1.165, 1.54) is 0 Å². The van der Waals surface area contributed by atoms with Crippen LogP contribution in [-0.2, 0) is 4.79 Å². The fraction of sp³-hybridized carbons (Fsp3) is 0.320. The highest BCUT2D eigenvalue weighted by atomic mass is 16.3. The van der Waals surface area contributed by atoms with E-state index in [4.69, 9.17) is 0 Å². The Morgan fingerprint density at radius 1 is 0.970 bits per heavy atom. The lowest BCUT2D eigenvalue weighted by Gasteiger charge is -2.22. The molecule has 1 heterocycles. The van der Waals surface area contributed by atoms with Crippen molar-refractivity contribution in [2.24, 2.45) is 5.92 Å². The van der Waals surface area contributed by atoms with Gasteiger partial charge in [-0.05, 0) is 31.4 Å². The minimum Gasteiger partial charge on any atom is -0.392 e. The van der Waals surface area contributed by atoms with Gasteiger partial charge in [0.2, 0.25) is 5.91 Å². The molecule has 2 aliphatic rings. The van der Waals surface area contributed by atoms with E-state index >= 15 is 0 Å². The third-order valence-electron chi connectivity index (χ3n) is 6.33. The molecule has 2 saturated carbocycles. The Morgan fingerprint density at radius 3 is 2.36 bits per heavy atom. The summed E-state index contributed by atoms with van der Waals surface area (Å²) >= 11 is 0. The van der Waals surface area contributed by atoms with Crippen molar-refractivity contribution in [1.29, 1.82) is 0 Å². The number of rotatable bonds is 6. The summed E-state index contributed by atoms with van der Waals surface area (Å²) < 4.78 is 0. The van der Waals surface area contributed by atoms with Crippen molar-refractivity contribution < 1.29 is 14.7 Å².